The molecule has 4 rings (SSSR count). The lowest BCUT2D eigenvalue weighted by Crippen LogP contribution is -2.38. The molecule has 2 heterocycles. The monoisotopic (exact) mass is 418 g/mol. The van der Waals surface area contributed by atoms with Crippen LogP contribution in [0.3, 0.4) is 0 Å². The van der Waals surface area contributed by atoms with Crippen molar-refractivity contribution in [3.8, 4) is 5.75 Å². The minimum atomic E-state index is -4.49. The van der Waals surface area contributed by atoms with Crippen molar-refractivity contribution in [2.75, 3.05) is 19.7 Å². The second-order valence-corrected chi connectivity index (χ2v) is 7.51. The molecule has 0 aromatic heterocycles. The van der Waals surface area contributed by atoms with Gasteiger partial charge in [0.25, 0.3) is 5.91 Å². The predicted molar refractivity (Wildman–Crippen MR) is 103 cm³/mol. The van der Waals surface area contributed by atoms with E-state index >= 15 is 0 Å². The smallest absolute Gasteiger partial charge is 0.416 e. The number of halogens is 3. The first-order valence-electron chi connectivity index (χ1n) is 9.83. The summed E-state index contributed by atoms with van der Waals surface area (Å²) in [6.45, 7) is 1.21. The van der Waals surface area contributed by atoms with Crippen molar-refractivity contribution < 1.29 is 27.5 Å². The first kappa shape index (κ1) is 20.3. The summed E-state index contributed by atoms with van der Waals surface area (Å²) in [5.74, 6) is 0.276. The molecule has 2 amide bonds. The van der Waals surface area contributed by atoms with Gasteiger partial charge in [0.15, 0.2) is 0 Å². The molecular formula is C22H21F3N2O3. The SMILES string of the molecule is O=C(NC(CN1CCCC1=O)c1cccc(C(F)(F)F)c1)c1ccc2c(c1)CCO2. The molecule has 1 atom stereocenters. The highest BCUT2D eigenvalue weighted by molar-refractivity contribution is 5.95. The number of hydrogen-bond acceptors (Lipinski definition) is 3. The van der Waals surface area contributed by atoms with Crippen molar-refractivity contribution in [1.29, 1.82) is 0 Å². The predicted octanol–water partition coefficient (Wildman–Crippen LogP) is 3.73. The Labute approximate surface area is 171 Å². The highest BCUT2D eigenvalue weighted by atomic mass is 19.4. The van der Waals surface area contributed by atoms with E-state index < -0.39 is 23.7 Å². The molecule has 8 heteroatoms. The molecule has 1 N–H and O–H groups in total. The fourth-order valence-electron chi connectivity index (χ4n) is 3.85. The first-order chi connectivity index (χ1) is 14.3. The number of nitrogens with one attached hydrogen (secondary N) is 1. The molecule has 0 spiro atoms. The van der Waals surface area contributed by atoms with E-state index in [2.05, 4.69) is 5.32 Å². The average molecular weight is 418 g/mol. The summed E-state index contributed by atoms with van der Waals surface area (Å²) in [6.07, 6.45) is -2.68. The third-order valence-corrected chi connectivity index (χ3v) is 5.45. The minimum Gasteiger partial charge on any atom is -0.493 e. The molecule has 1 saturated heterocycles. The quantitative estimate of drug-likeness (QED) is 0.805. The van der Waals surface area contributed by atoms with Gasteiger partial charge in [-0.1, -0.05) is 12.1 Å². The lowest BCUT2D eigenvalue weighted by atomic mass is 10.0. The highest BCUT2D eigenvalue weighted by Gasteiger charge is 2.32. The number of ether oxygens (including phenoxy) is 1. The maximum atomic E-state index is 13.2. The van der Waals surface area contributed by atoms with Crippen molar-refractivity contribution in [3.05, 3.63) is 64.7 Å². The van der Waals surface area contributed by atoms with E-state index in [0.717, 1.165) is 23.4 Å². The zero-order valence-corrected chi connectivity index (χ0v) is 16.2. The number of benzene rings is 2. The van der Waals surface area contributed by atoms with Crippen LogP contribution in [0.5, 0.6) is 5.75 Å². The largest absolute Gasteiger partial charge is 0.493 e. The summed E-state index contributed by atoms with van der Waals surface area (Å²) < 4.78 is 45.0. The summed E-state index contributed by atoms with van der Waals surface area (Å²) in [5, 5.41) is 2.83. The summed E-state index contributed by atoms with van der Waals surface area (Å²) in [7, 11) is 0. The number of alkyl halides is 3. The van der Waals surface area contributed by atoms with Crippen LogP contribution in [0, 0.1) is 0 Å². The third-order valence-electron chi connectivity index (χ3n) is 5.45. The highest BCUT2D eigenvalue weighted by Crippen LogP contribution is 2.31. The molecule has 2 aliphatic rings. The number of carbonyl (C=O) groups excluding carboxylic acids is 2. The van der Waals surface area contributed by atoms with E-state index in [1.165, 1.54) is 12.1 Å². The standard InChI is InChI=1S/C22H21F3N2O3/c23-22(24,25)17-4-1-3-14(12-17)18(13-27-9-2-5-20(27)28)26-21(29)16-6-7-19-15(11-16)8-10-30-19/h1,3-4,6-7,11-12,18H,2,5,8-10,13H2,(H,26,29). The van der Waals surface area contributed by atoms with Crippen LogP contribution in [0.2, 0.25) is 0 Å². The molecule has 0 aliphatic carbocycles. The van der Waals surface area contributed by atoms with Gasteiger partial charge in [-0.25, -0.2) is 0 Å². The van der Waals surface area contributed by atoms with E-state index in [-0.39, 0.29) is 12.5 Å². The van der Waals surface area contributed by atoms with Crippen LogP contribution in [0.1, 0.15) is 45.9 Å². The lowest BCUT2D eigenvalue weighted by molar-refractivity contribution is -0.137. The number of nitrogens with zero attached hydrogens (tertiary/aromatic N) is 1. The van der Waals surface area contributed by atoms with Gasteiger partial charge < -0.3 is 15.0 Å². The van der Waals surface area contributed by atoms with E-state index in [1.54, 1.807) is 23.1 Å². The Morgan fingerprint density at radius 2 is 2.00 bits per heavy atom. The molecule has 30 heavy (non-hydrogen) atoms. The van der Waals surface area contributed by atoms with Gasteiger partial charge in [-0.15, -0.1) is 0 Å². The molecular weight excluding hydrogens is 397 g/mol. The normalized spacial score (nSPS) is 16.9. The molecule has 158 valence electrons. The molecule has 2 aromatic rings. The van der Waals surface area contributed by atoms with Gasteiger partial charge in [-0.2, -0.15) is 13.2 Å². The summed E-state index contributed by atoms with van der Waals surface area (Å²) in [6, 6.07) is 9.21. The van der Waals surface area contributed by atoms with Gasteiger partial charge in [0.2, 0.25) is 5.91 Å². The van der Waals surface area contributed by atoms with Crippen molar-refractivity contribution >= 4 is 11.8 Å². The van der Waals surface area contributed by atoms with Crippen molar-refractivity contribution in [1.82, 2.24) is 10.2 Å². The second kappa shape index (κ2) is 8.01. The number of likely N-dealkylation sites (tertiary alicyclic amines) is 1. The van der Waals surface area contributed by atoms with Crippen LogP contribution in [0.15, 0.2) is 42.5 Å². The average Bonchev–Trinajstić information content (AvgIpc) is 3.35. The maximum Gasteiger partial charge on any atom is 0.416 e. The molecule has 1 fully saturated rings. The zero-order chi connectivity index (χ0) is 21.3. The van der Waals surface area contributed by atoms with Crippen LogP contribution in [-0.2, 0) is 17.4 Å². The van der Waals surface area contributed by atoms with E-state index in [9.17, 15) is 22.8 Å². The van der Waals surface area contributed by atoms with Gasteiger partial charge in [-0.3, -0.25) is 9.59 Å². The Morgan fingerprint density at radius 3 is 2.73 bits per heavy atom. The van der Waals surface area contributed by atoms with Crippen molar-refractivity contribution in [2.45, 2.75) is 31.5 Å². The first-order valence-corrected chi connectivity index (χ1v) is 9.83. The van der Waals surface area contributed by atoms with Gasteiger partial charge >= 0.3 is 6.18 Å². The third kappa shape index (κ3) is 4.27. The Morgan fingerprint density at radius 1 is 1.17 bits per heavy atom. The minimum absolute atomic E-state index is 0.0593. The van der Waals surface area contributed by atoms with E-state index in [1.807, 2.05) is 0 Å². The van der Waals surface area contributed by atoms with Crippen LogP contribution in [0.4, 0.5) is 13.2 Å². The molecule has 2 aliphatic heterocycles. The second-order valence-electron chi connectivity index (χ2n) is 7.51. The topological polar surface area (TPSA) is 58.6 Å². The number of fused-ring (bicyclic) bond motifs is 1. The van der Waals surface area contributed by atoms with Gasteiger partial charge in [0.05, 0.1) is 18.2 Å². The number of carbonyl (C=O) groups is 2. The molecule has 1 unspecified atom stereocenters. The molecule has 2 aromatic carbocycles. The van der Waals surface area contributed by atoms with Crippen molar-refractivity contribution in [2.24, 2.45) is 0 Å². The maximum absolute atomic E-state index is 13.2. The Balaban J connectivity index is 1.60. The van der Waals surface area contributed by atoms with Gasteiger partial charge in [-0.05, 0) is 47.9 Å². The number of hydrogen-bond donors (Lipinski definition) is 1. The number of rotatable bonds is 5. The molecule has 5 nitrogen and oxygen atoms in total. The molecule has 0 radical (unpaired) electrons. The Bertz CT molecular complexity index is 974. The van der Waals surface area contributed by atoms with Crippen LogP contribution in [-0.4, -0.2) is 36.4 Å². The number of amides is 2. The fourth-order valence-corrected chi connectivity index (χ4v) is 3.85. The van der Waals surface area contributed by atoms with Crippen LogP contribution >= 0.6 is 0 Å². The van der Waals surface area contributed by atoms with Crippen molar-refractivity contribution in [3.63, 3.8) is 0 Å². The van der Waals surface area contributed by atoms with Crippen LogP contribution in [0.25, 0.3) is 0 Å². The summed E-state index contributed by atoms with van der Waals surface area (Å²) >= 11 is 0. The fraction of sp³-hybridized carbons (Fsp3) is 0.364. The van der Waals surface area contributed by atoms with E-state index in [4.69, 9.17) is 4.74 Å². The molecule has 0 bridgehead atoms. The zero-order valence-electron chi connectivity index (χ0n) is 16.2. The van der Waals surface area contributed by atoms with E-state index in [0.29, 0.717) is 43.5 Å². The Hall–Kier alpha value is -3.03. The lowest BCUT2D eigenvalue weighted by Gasteiger charge is -2.26. The Kier molecular flexibility index (Phi) is 5.40. The summed E-state index contributed by atoms with van der Waals surface area (Å²) in [4.78, 5) is 26.5. The van der Waals surface area contributed by atoms with Gasteiger partial charge in [0, 0.05) is 31.5 Å². The summed E-state index contributed by atoms with van der Waals surface area (Å²) in [5.41, 5.74) is 0.848. The van der Waals surface area contributed by atoms with Crippen LogP contribution < -0.4 is 10.1 Å². The molecule has 0 saturated carbocycles. The van der Waals surface area contributed by atoms with Gasteiger partial charge in [0.1, 0.15) is 5.75 Å².